The molecule has 0 atom stereocenters. The number of rotatable bonds is 3. The maximum absolute atomic E-state index is 13.1. The van der Waals surface area contributed by atoms with Gasteiger partial charge in [0.1, 0.15) is 5.82 Å². The number of carbonyl (C=O) groups excluding carboxylic acids is 1. The fourth-order valence-corrected chi connectivity index (χ4v) is 3.22. The number of nitrogens with zero attached hydrogens (tertiary/aromatic N) is 3. The zero-order valence-corrected chi connectivity index (χ0v) is 15.7. The van der Waals surface area contributed by atoms with E-state index in [1.54, 1.807) is 23.2 Å². The van der Waals surface area contributed by atoms with Gasteiger partial charge in [-0.15, -0.1) is 0 Å². The van der Waals surface area contributed by atoms with E-state index in [2.05, 4.69) is 15.3 Å². The Morgan fingerprint density at radius 1 is 1.14 bits per heavy atom. The van der Waals surface area contributed by atoms with E-state index in [0.717, 1.165) is 22.4 Å². The van der Waals surface area contributed by atoms with Crippen molar-refractivity contribution in [2.45, 2.75) is 26.4 Å². The van der Waals surface area contributed by atoms with Gasteiger partial charge in [0.25, 0.3) is 0 Å². The highest BCUT2D eigenvalue weighted by Gasteiger charge is 2.22. The van der Waals surface area contributed by atoms with E-state index < -0.39 is 0 Å². The van der Waals surface area contributed by atoms with Gasteiger partial charge < -0.3 is 10.2 Å². The number of hydrogen-bond acceptors (Lipinski definition) is 3. The molecule has 28 heavy (non-hydrogen) atoms. The second-order valence-corrected chi connectivity index (χ2v) is 6.99. The van der Waals surface area contributed by atoms with Crippen LogP contribution in [0.15, 0.2) is 54.7 Å². The third-order valence-electron chi connectivity index (χ3n) is 4.89. The van der Waals surface area contributed by atoms with Gasteiger partial charge in [-0.3, -0.25) is 0 Å². The first-order chi connectivity index (χ1) is 13.6. The van der Waals surface area contributed by atoms with Crippen LogP contribution in [0.5, 0.6) is 0 Å². The highest BCUT2D eigenvalue weighted by atomic mass is 19.1. The lowest BCUT2D eigenvalue weighted by Crippen LogP contribution is -2.42. The first kappa shape index (κ1) is 18.1. The van der Waals surface area contributed by atoms with Gasteiger partial charge in [-0.1, -0.05) is 29.8 Å². The van der Waals surface area contributed by atoms with Crippen LogP contribution >= 0.6 is 0 Å². The van der Waals surface area contributed by atoms with Crippen LogP contribution in [-0.4, -0.2) is 27.4 Å². The molecule has 2 amide bonds. The molecule has 0 saturated heterocycles. The van der Waals surface area contributed by atoms with Crippen molar-refractivity contribution >= 4 is 6.03 Å². The van der Waals surface area contributed by atoms with E-state index in [-0.39, 0.29) is 11.8 Å². The lowest BCUT2D eigenvalue weighted by Gasteiger charge is -2.28. The molecule has 142 valence electrons. The number of amides is 2. The topological polar surface area (TPSA) is 58.1 Å². The summed E-state index contributed by atoms with van der Waals surface area (Å²) in [6.45, 7) is 3.63. The molecule has 0 spiro atoms. The Morgan fingerprint density at radius 3 is 2.64 bits per heavy atom. The molecule has 0 aliphatic carbocycles. The van der Waals surface area contributed by atoms with Crippen molar-refractivity contribution in [2.24, 2.45) is 0 Å². The van der Waals surface area contributed by atoms with Crippen molar-refractivity contribution in [2.75, 3.05) is 6.54 Å². The molecular weight excluding hydrogens is 355 g/mol. The number of halogens is 1. The zero-order valence-electron chi connectivity index (χ0n) is 15.7. The van der Waals surface area contributed by atoms with Gasteiger partial charge in [-0.2, -0.15) is 0 Å². The fourth-order valence-electron chi connectivity index (χ4n) is 3.22. The highest BCUT2D eigenvalue weighted by Crippen LogP contribution is 2.21. The van der Waals surface area contributed by atoms with Crippen LogP contribution in [0.25, 0.3) is 11.4 Å². The van der Waals surface area contributed by atoms with Crippen molar-refractivity contribution in [1.29, 1.82) is 0 Å². The molecule has 1 aromatic heterocycles. The minimum atomic E-state index is -0.283. The van der Waals surface area contributed by atoms with E-state index in [0.29, 0.717) is 31.9 Å². The lowest BCUT2D eigenvalue weighted by molar-refractivity contribution is 0.191. The Kier molecular flexibility index (Phi) is 5.02. The predicted molar refractivity (Wildman–Crippen MR) is 105 cm³/mol. The molecule has 4 rings (SSSR count). The standard InChI is InChI=1S/C22H21FN4O/c1-15-2-4-16(5-3-15)12-25-22(28)27-11-10-20-18(14-27)13-24-21(26-20)17-6-8-19(23)9-7-17/h2-9,13H,10-12,14H2,1H3,(H,25,28). The quantitative estimate of drug-likeness (QED) is 0.755. The molecule has 0 fully saturated rings. The minimum absolute atomic E-state index is 0.0890. The van der Waals surface area contributed by atoms with Crippen molar-refractivity contribution in [3.8, 4) is 11.4 Å². The van der Waals surface area contributed by atoms with E-state index in [9.17, 15) is 9.18 Å². The Hall–Kier alpha value is -3.28. The molecule has 5 nitrogen and oxygen atoms in total. The number of aryl methyl sites for hydroxylation is 1. The highest BCUT2D eigenvalue weighted by molar-refractivity contribution is 5.74. The minimum Gasteiger partial charge on any atom is -0.334 e. The molecule has 0 radical (unpaired) electrons. The second kappa shape index (κ2) is 7.76. The molecule has 0 saturated carbocycles. The number of hydrogen-bond donors (Lipinski definition) is 1. The van der Waals surface area contributed by atoms with Gasteiger partial charge >= 0.3 is 6.03 Å². The van der Waals surface area contributed by atoms with E-state index >= 15 is 0 Å². The van der Waals surface area contributed by atoms with Crippen molar-refractivity contribution in [3.63, 3.8) is 0 Å². The van der Waals surface area contributed by atoms with Gasteiger partial charge in [0.2, 0.25) is 0 Å². The number of benzene rings is 2. The SMILES string of the molecule is Cc1ccc(CNC(=O)N2CCc3nc(-c4ccc(F)cc4)ncc3C2)cc1. The molecule has 2 aromatic carbocycles. The molecule has 2 heterocycles. The number of nitrogens with one attached hydrogen (secondary N) is 1. The number of urea groups is 1. The van der Waals surface area contributed by atoms with Gasteiger partial charge in [-0.25, -0.2) is 19.2 Å². The molecule has 0 unspecified atom stereocenters. The van der Waals surface area contributed by atoms with E-state index in [4.69, 9.17) is 0 Å². The first-order valence-corrected chi connectivity index (χ1v) is 9.27. The van der Waals surface area contributed by atoms with Crippen LogP contribution in [0, 0.1) is 12.7 Å². The lowest BCUT2D eigenvalue weighted by atomic mass is 10.1. The van der Waals surface area contributed by atoms with Gasteiger partial charge in [-0.05, 0) is 36.8 Å². The van der Waals surface area contributed by atoms with Crippen LogP contribution < -0.4 is 5.32 Å². The average Bonchev–Trinajstić information content (AvgIpc) is 2.73. The summed E-state index contributed by atoms with van der Waals surface area (Å²) in [4.78, 5) is 23.3. The second-order valence-electron chi connectivity index (χ2n) is 6.99. The Balaban J connectivity index is 1.41. The first-order valence-electron chi connectivity index (χ1n) is 9.27. The van der Waals surface area contributed by atoms with Gasteiger partial charge in [0.15, 0.2) is 5.82 Å². The fraction of sp³-hybridized carbons (Fsp3) is 0.227. The Bertz CT molecular complexity index is 986. The van der Waals surface area contributed by atoms with Crippen molar-refractivity contribution in [1.82, 2.24) is 20.2 Å². The zero-order chi connectivity index (χ0) is 19.5. The maximum atomic E-state index is 13.1. The summed E-state index contributed by atoms with van der Waals surface area (Å²) in [5.41, 5.74) is 4.94. The number of aromatic nitrogens is 2. The van der Waals surface area contributed by atoms with Crippen LogP contribution in [0.3, 0.4) is 0 Å². The summed E-state index contributed by atoms with van der Waals surface area (Å²) in [6, 6.07) is 14.2. The molecular formula is C22H21FN4O. The number of fused-ring (bicyclic) bond motifs is 1. The summed E-state index contributed by atoms with van der Waals surface area (Å²) in [5, 5.41) is 2.97. The number of carbonyl (C=O) groups is 1. The molecule has 1 N–H and O–H groups in total. The van der Waals surface area contributed by atoms with Crippen LogP contribution in [0.2, 0.25) is 0 Å². The third-order valence-corrected chi connectivity index (χ3v) is 4.89. The van der Waals surface area contributed by atoms with Crippen LogP contribution in [-0.2, 0) is 19.5 Å². The van der Waals surface area contributed by atoms with E-state index in [1.165, 1.54) is 17.7 Å². The van der Waals surface area contributed by atoms with Gasteiger partial charge in [0, 0.05) is 36.8 Å². The smallest absolute Gasteiger partial charge is 0.317 e. The summed E-state index contributed by atoms with van der Waals surface area (Å²) in [5.74, 6) is 0.296. The maximum Gasteiger partial charge on any atom is 0.317 e. The molecule has 1 aliphatic rings. The van der Waals surface area contributed by atoms with Crippen LogP contribution in [0.4, 0.5) is 9.18 Å². The normalized spacial score (nSPS) is 13.1. The van der Waals surface area contributed by atoms with E-state index in [1.807, 2.05) is 31.2 Å². The third kappa shape index (κ3) is 4.01. The van der Waals surface area contributed by atoms with Crippen molar-refractivity contribution in [3.05, 3.63) is 82.9 Å². The summed E-state index contributed by atoms with van der Waals surface area (Å²) >= 11 is 0. The Morgan fingerprint density at radius 2 is 1.89 bits per heavy atom. The molecule has 6 heteroatoms. The predicted octanol–water partition coefficient (Wildman–Crippen LogP) is 3.86. The molecule has 1 aliphatic heterocycles. The Labute approximate surface area is 163 Å². The molecule has 0 bridgehead atoms. The monoisotopic (exact) mass is 376 g/mol. The van der Waals surface area contributed by atoms with Gasteiger partial charge in [0.05, 0.1) is 12.2 Å². The van der Waals surface area contributed by atoms with Crippen molar-refractivity contribution < 1.29 is 9.18 Å². The molecule has 3 aromatic rings. The largest absolute Gasteiger partial charge is 0.334 e. The average molecular weight is 376 g/mol. The summed E-state index contributed by atoms with van der Waals surface area (Å²) in [7, 11) is 0. The summed E-state index contributed by atoms with van der Waals surface area (Å²) < 4.78 is 13.1. The van der Waals surface area contributed by atoms with Crippen LogP contribution in [0.1, 0.15) is 22.4 Å². The summed E-state index contributed by atoms with van der Waals surface area (Å²) in [6.07, 6.45) is 2.43.